The molecule has 3 N–H and O–H groups in total. The molecule has 0 saturated carbocycles. The second-order valence-corrected chi connectivity index (χ2v) is 3.75. The van der Waals surface area contributed by atoms with Gasteiger partial charge in [-0.25, -0.2) is 4.39 Å². The highest BCUT2D eigenvalue weighted by atomic mass is 19.1. The van der Waals surface area contributed by atoms with Gasteiger partial charge in [0.25, 0.3) is 0 Å². The zero-order valence-electron chi connectivity index (χ0n) is 9.52. The Hall–Kier alpha value is -1.48. The average molecular weight is 238 g/mol. The van der Waals surface area contributed by atoms with Gasteiger partial charge in [0, 0.05) is 5.56 Å². The quantitative estimate of drug-likeness (QED) is 0.705. The summed E-state index contributed by atoms with van der Waals surface area (Å²) in [5.41, 5.74) is 0.203. The van der Waals surface area contributed by atoms with Crippen molar-refractivity contribution in [3.63, 3.8) is 0 Å². The second-order valence-electron chi connectivity index (χ2n) is 3.75. The van der Waals surface area contributed by atoms with E-state index in [0.29, 0.717) is 13.0 Å². The normalized spacial score (nSPS) is 14.1. The molecule has 0 fully saturated rings. The largest absolute Gasteiger partial charge is 0.390 e. The molecule has 0 bridgehead atoms. The van der Waals surface area contributed by atoms with Crippen LogP contribution in [0, 0.1) is 17.1 Å². The Bertz CT molecular complexity index is 417. The third-order valence-corrected chi connectivity index (χ3v) is 2.50. The van der Waals surface area contributed by atoms with Crippen molar-refractivity contribution < 1.29 is 14.6 Å². The topological polar surface area (TPSA) is 76.3 Å². The van der Waals surface area contributed by atoms with Crippen molar-refractivity contribution in [1.82, 2.24) is 5.32 Å². The Morgan fingerprint density at radius 3 is 2.76 bits per heavy atom. The number of halogens is 1. The Kier molecular flexibility index (Phi) is 5.04. The van der Waals surface area contributed by atoms with Gasteiger partial charge >= 0.3 is 0 Å². The van der Waals surface area contributed by atoms with E-state index in [2.05, 4.69) is 5.32 Å². The van der Waals surface area contributed by atoms with Gasteiger partial charge in [0.1, 0.15) is 11.9 Å². The number of aliphatic hydroxyl groups is 2. The number of hydrogen-bond donors (Lipinski definition) is 3. The summed E-state index contributed by atoms with van der Waals surface area (Å²) in [6, 6.07) is 5.55. The van der Waals surface area contributed by atoms with Crippen LogP contribution in [0.1, 0.15) is 23.7 Å². The highest BCUT2D eigenvalue weighted by Crippen LogP contribution is 2.22. The third-order valence-electron chi connectivity index (χ3n) is 2.50. The summed E-state index contributed by atoms with van der Waals surface area (Å²) in [6.45, 7) is 0.512. The van der Waals surface area contributed by atoms with E-state index in [-0.39, 0.29) is 11.1 Å². The number of nitriles is 1. The molecule has 0 heterocycles. The molecule has 0 saturated heterocycles. The van der Waals surface area contributed by atoms with E-state index in [4.69, 9.17) is 5.26 Å². The van der Waals surface area contributed by atoms with E-state index in [9.17, 15) is 14.6 Å². The lowest BCUT2D eigenvalue weighted by Crippen LogP contribution is -2.24. The van der Waals surface area contributed by atoms with Gasteiger partial charge < -0.3 is 15.5 Å². The molecule has 0 amide bonds. The Morgan fingerprint density at radius 1 is 1.47 bits per heavy atom. The number of nitrogens with one attached hydrogen (secondary N) is 1. The molecule has 0 spiro atoms. The van der Waals surface area contributed by atoms with Crippen LogP contribution in [0.25, 0.3) is 0 Å². The molecule has 2 atom stereocenters. The molecule has 1 aromatic carbocycles. The van der Waals surface area contributed by atoms with Gasteiger partial charge in [0.2, 0.25) is 0 Å². The van der Waals surface area contributed by atoms with Crippen LogP contribution in [0.3, 0.4) is 0 Å². The smallest absolute Gasteiger partial charge is 0.129 e. The van der Waals surface area contributed by atoms with Crippen LogP contribution in [-0.4, -0.2) is 29.9 Å². The highest BCUT2D eigenvalue weighted by molar-refractivity contribution is 5.35. The summed E-state index contributed by atoms with van der Waals surface area (Å²) in [6.07, 6.45) is -2.09. The first-order valence-electron chi connectivity index (χ1n) is 5.30. The molecule has 17 heavy (non-hydrogen) atoms. The van der Waals surface area contributed by atoms with Crippen LogP contribution in [0.2, 0.25) is 0 Å². The van der Waals surface area contributed by atoms with Crippen LogP contribution in [0.15, 0.2) is 18.2 Å². The van der Waals surface area contributed by atoms with Crippen molar-refractivity contribution in [2.24, 2.45) is 0 Å². The van der Waals surface area contributed by atoms with Crippen molar-refractivity contribution >= 4 is 0 Å². The first kappa shape index (κ1) is 13.6. The van der Waals surface area contributed by atoms with Crippen molar-refractivity contribution in [3.8, 4) is 6.07 Å². The third kappa shape index (κ3) is 3.49. The van der Waals surface area contributed by atoms with Gasteiger partial charge in [0.15, 0.2) is 0 Å². The van der Waals surface area contributed by atoms with Gasteiger partial charge in [-0.2, -0.15) is 5.26 Å². The maximum Gasteiger partial charge on any atom is 0.129 e. The number of nitrogens with zero attached hydrogens (tertiary/aromatic N) is 1. The molecule has 5 heteroatoms. The summed E-state index contributed by atoms with van der Waals surface area (Å²) in [5, 5.41) is 31.0. The molecule has 0 aliphatic heterocycles. The van der Waals surface area contributed by atoms with Crippen molar-refractivity contribution in [2.45, 2.75) is 18.6 Å². The monoisotopic (exact) mass is 238 g/mol. The number of benzene rings is 1. The minimum atomic E-state index is -1.32. The van der Waals surface area contributed by atoms with E-state index in [1.165, 1.54) is 12.1 Å². The van der Waals surface area contributed by atoms with Gasteiger partial charge in [-0.1, -0.05) is 0 Å². The summed E-state index contributed by atoms with van der Waals surface area (Å²) in [4.78, 5) is 0. The zero-order valence-corrected chi connectivity index (χ0v) is 9.52. The molecular weight excluding hydrogens is 223 g/mol. The molecule has 92 valence electrons. The van der Waals surface area contributed by atoms with Crippen LogP contribution >= 0.6 is 0 Å². The first-order valence-corrected chi connectivity index (χ1v) is 5.30. The maximum absolute atomic E-state index is 13.4. The van der Waals surface area contributed by atoms with E-state index in [0.717, 1.165) is 6.07 Å². The minimum absolute atomic E-state index is 0.0485. The first-order chi connectivity index (χ1) is 8.10. The summed E-state index contributed by atoms with van der Waals surface area (Å²) < 4.78 is 13.4. The lowest BCUT2D eigenvalue weighted by atomic mass is 10.00. The molecule has 0 aliphatic carbocycles. The fourth-order valence-corrected chi connectivity index (χ4v) is 1.50. The Labute approximate surface area is 99.3 Å². The van der Waals surface area contributed by atoms with E-state index < -0.39 is 18.0 Å². The predicted molar refractivity (Wildman–Crippen MR) is 60.6 cm³/mol. The number of hydrogen-bond acceptors (Lipinski definition) is 4. The predicted octanol–water partition coefficient (Wildman–Crippen LogP) is 0.701. The fourth-order valence-electron chi connectivity index (χ4n) is 1.50. The summed E-state index contributed by atoms with van der Waals surface area (Å²) in [7, 11) is 1.72. The van der Waals surface area contributed by atoms with Crippen molar-refractivity contribution in [3.05, 3.63) is 35.1 Å². The molecular formula is C12H15FN2O2. The number of aliphatic hydroxyl groups excluding tert-OH is 2. The molecule has 1 rings (SSSR count). The van der Waals surface area contributed by atoms with Crippen LogP contribution in [0.4, 0.5) is 4.39 Å². The van der Waals surface area contributed by atoms with Crippen LogP contribution in [0.5, 0.6) is 0 Å². The van der Waals surface area contributed by atoms with Gasteiger partial charge in [-0.3, -0.25) is 0 Å². The van der Waals surface area contributed by atoms with Crippen LogP contribution < -0.4 is 5.32 Å². The lowest BCUT2D eigenvalue weighted by molar-refractivity contribution is 0.0120. The Morgan fingerprint density at radius 2 is 2.18 bits per heavy atom. The van der Waals surface area contributed by atoms with E-state index in [1.54, 1.807) is 7.05 Å². The maximum atomic E-state index is 13.4. The second kappa shape index (κ2) is 6.30. The van der Waals surface area contributed by atoms with Gasteiger partial charge in [-0.05, 0) is 38.2 Å². The van der Waals surface area contributed by atoms with Crippen LogP contribution in [-0.2, 0) is 0 Å². The fraction of sp³-hybridized carbons (Fsp3) is 0.417. The van der Waals surface area contributed by atoms with Gasteiger partial charge in [0.05, 0.1) is 17.7 Å². The minimum Gasteiger partial charge on any atom is -0.390 e. The van der Waals surface area contributed by atoms with Gasteiger partial charge in [-0.15, -0.1) is 0 Å². The number of rotatable bonds is 5. The molecule has 0 radical (unpaired) electrons. The zero-order chi connectivity index (χ0) is 12.8. The van der Waals surface area contributed by atoms with E-state index in [1.807, 2.05) is 6.07 Å². The van der Waals surface area contributed by atoms with Crippen molar-refractivity contribution in [2.75, 3.05) is 13.6 Å². The molecule has 0 aromatic heterocycles. The summed E-state index contributed by atoms with van der Waals surface area (Å²) in [5.74, 6) is -0.625. The Balaban J connectivity index is 2.87. The molecule has 4 nitrogen and oxygen atoms in total. The molecule has 1 aromatic rings. The van der Waals surface area contributed by atoms with E-state index >= 15 is 0 Å². The van der Waals surface area contributed by atoms with Crippen molar-refractivity contribution in [1.29, 1.82) is 5.26 Å². The average Bonchev–Trinajstić information content (AvgIpc) is 2.35. The lowest BCUT2D eigenvalue weighted by Gasteiger charge is -2.18. The molecule has 2 unspecified atom stereocenters. The standard InChI is InChI=1S/C12H15FN2O2/c1-15-5-4-11(16)12(17)9-6-8(7-14)2-3-10(9)13/h2-3,6,11-12,15-17H,4-5H2,1H3. The molecule has 0 aliphatic rings. The highest BCUT2D eigenvalue weighted by Gasteiger charge is 2.21. The summed E-state index contributed by atoms with van der Waals surface area (Å²) >= 11 is 0. The SMILES string of the molecule is CNCCC(O)C(O)c1cc(C#N)ccc1F.